The molecule has 2 heterocycles. The highest BCUT2D eigenvalue weighted by atomic mass is 32.2. The number of carbonyl (C=O) groups excluding carboxylic acids is 2. The molecule has 0 saturated heterocycles. The number of benzene rings is 1. The molecule has 0 aliphatic heterocycles. The van der Waals surface area contributed by atoms with E-state index in [1.54, 1.807) is 23.1 Å². The standard InChI is InChI=1S/C19H18N2O2S3/c1-12-11-24-19(20-12)26-15-6-4-14(5-7-15)21-18(23)10-8-16(22)17-9-3-13(2)25-17/h3-7,9,11H,8,10H2,1-2H3,(H,21,23). The van der Waals surface area contributed by atoms with Gasteiger partial charge in [-0.15, -0.1) is 22.7 Å². The molecule has 3 rings (SSSR count). The molecule has 0 saturated carbocycles. The zero-order valence-electron chi connectivity index (χ0n) is 14.4. The SMILES string of the molecule is Cc1csc(Sc2ccc(NC(=O)CCC(=O)c3ccc(C)s3)cc2)n1. The van der Waals surface area contributed by atoms with Crippen LogP contribution in [0.3, 0.4) is 0 Å². The number of thiazole rings is 1. The van der Waals surface area contributed by atoms with Crippen molar-refractivity contribution in [2.24, 2.45) is 0 Å². The highest BCUT2D eigenvalue weighted by Crippen LogP contribution is 2.30. The summed E-state index contributed by atoms with van der Waals surface area (Å²) in [6.45, 7) is 3.94. The molecule has 1 aromatic carbocycles. The summed E-state index contributed by atoms with van der Waals surface area (Å²) in [5.41, 5.74) is 1.75. The van der Waals surface area contributed by atoms with Crippen molar-refractivity contribution in [3.63, 3.8) is 0 Å². The molecule has 1 amide bonds. The minimum Gasteiger partial charge on any atom is -0.326 e. The van der Waals surface area contributed by atoms with Gasteiger partial charge >= 0.3 is 0 Å². The van der Waals surface area contributed by atoms with Gasteiger partial charge in [0.05, 0.1) is 4.88 Å². The van der Waals surface area contributed by atoms with E-state index in [1.165, 1.54) is 11.3 Å². The van der Waals surface area contributed by atoms with Crippen LogP contribution in [0.25, 0.3) is 0 Å². The van der Waals surface area contributed by atoms with E-state index >= 15 is 0 Å². The first-order valence-electron chi connectivity index (χ1n) is 8.09. The molecule has 4 nitrogen and oxygen atoms in total. The Labute approximate surface area is 164 Å². The number of thiophene rings is 1. The monoisotopic (exact) mass is 402 g/mol. The average Bonchev–Trinajstić information content (AvgIpc) is 3.23. The number of anilines is 1. The van der Waals surface area contributed by atoms with E-state index < -0.39 is 0 Å². The van der Waals surface area contributed by atoms with E-state index in [0.29, 0.717) is 4.88 Å². The zero-order valence-corrected chi connectivity index (χ0v) is 16.9. The molecule has 0 bridgehead atoms. The Morgan fingerprint density at radius 1 is 1.08 bits per heavy atom. The van der Waals surface area contributed by atoms with Gasteiger partial charge in [-0.1, -0.05) is 11.8 Å². The second kappa shape index (κ2) is 8.62. The smallest absolute Gasteiger partial charge is 0.224 e. The third-order valence-corrected chi connectivity index (χ3v) is 6.64. The van der Waals surface area contributed by atoms with Gasteiger partial charge in [0.15, 0.2) is 10.1 Å². The second-order valence-electron chi connectivity index (χ2n) is 5.76. The highest BCUT2D eigenvalue weighted by Gasteiger charge is 2.11. The van der Waals surface area contributed by atoms with Gasteiger partial charge in [-0.2, -0.15) is 0 Å². The largest absolute Gasteiger partial charge is 0.326 e. The number of hydrogen-bond donors (Lipinski definition) is 1. The van der Waals surface area contributed by atoms with Crippen molar-refractivity contribution in [1.82, 2.24) is 4.98 Å². The summed E-state index contributed by atoms with van der Waals surface area (Å²) in [6, 6.07) is 11.4. The number of nitrogens with zero attached hydrogens (tertiary/aromatic N) is 1. The fourth-order valence-corrected chi connectivity index (χ4v) is 4.89. The number of carbonyl (C=O) groups is 2. The van der Waals surface area contributed by atoms with E-state index in [9.17, 15) is 9.59 Å². The van der Waals surface area contributed by atoms with Crippen LogP contribution in [-0.4, -0.2) is 16.7 Å². The van der Waals surface area contributed by atoms with Crippen molar-refractivity contribution < 1.29 is 9.59 Å². The van der Waals surface area contributed by atoms with Crippen LogP contribution in [0.4, 0.5) is 5.69 Å². The summed E-state index contributed by atoms with van der Waals surface area (Å²) >= 11 is 4.69. The molecule has 0 spiro atoms. The van der Waals surface area contributed by atoms with Crippen molar-refractivity contribution >= 4 is 51.8 Å². The van der Waals surface area contributed by atoms with Crippen molar-refractivity contribution in [1.29, 1.82) is 0 Å². The van der Waals surface area contributed by atoms with Crippen molar-refractivity contribution in [2.45, 2.75) is 35.9 Å². The van der Waals surface area contributed by atoms with Crippen LogP contribution < -0.4 is 5.32 Å². The Morgan fingerprint density at radius 2 is 1.85 bits per heavy atom. The third kappa shape index (κ3) is 5.27. The number of aromatic nitrogens is 1. The highest BCUT2D eigenvalue weighted by molar-refractivity contribution is 8.01. The number of aryl methyl sites for hydroxylation is 2. The Bertz CT molecular complexity index is 913. The molecule has 0 radical (unpaired) electrons. The Kier molecular flexibility index (Phi) is 6.24. The van der Waals surface area contributed by atoms with E-state index in [4.69, 9.17) is 0 Å². The molecule has 0 atom stereocenters. The van der Waals surface area contributed by atoms with Gasteiger partial charge in [0.1, 0.15) is 0 Å². The van der Waals surface area contributed by atoms with Gasteiger partial charge in [-0.05, 0) is 50.2 Å². The van der Waals surface area contributed by atoms with Crippen LogP contribution in [0.2, 0.25) is 0 Å². The molecule has 1 N–H and O–H groups in total. The summed E-state index contributed by atoms with van der Waals surface area (Å²) in [6.07, 6.45) is 0.411. The molecule has 0 unspecified atom stereocenters. The van der Waals surface area contributed by atoms with Gasteiger partial charge in [-0.3, -0.25) is 9.59 Å². The molecular weight excluding hydrogens is 384 g/mol. The quantitative estimate of drug-likeness (QED) is 0.525. The average molecular weight is 403 g/mol. The predicted octanol–water partition coefficient (Wildman–Crippen LogP) is 5.57. The van der Waals surface area contributed by atoms with Gasteiger partial charge < -0.3 is 5.32 Å². The molecule has 134 valence electrons. The van der Waals surface area contributed by atoms with Gasteiger partial charge in [-0.25, -0.2) is 4.98 Å². The van der Waals surface area contributed by atoms with E-state index in [1.807, 2.05) is 55.6 Å². The third-order valence-electron chi connectivity index (χ3n) is 3.54. The lowest BCUT2D eigenvalue weighted by atomic mass is 10.2. The lowest BCUT2D eigenvalue weighted by molar-refractivity contribution is -0.116. The Hall–Kier alpha value is -1.96. The van der Waals surface area contributed by atoms with E-state index in [2.05, 4.69) is 10.3 Å². The normalized spacial score (nSPS) is 10.7. The number of amides is 1. The lowest BCUT2D eigenvalue weighted by Gasteiger charge is -2.05. The van der Waals surface area contributed by atoms with Crippen LogP contribution in [0.15, 0.2) is 51.0 Å². The number of hydrogen-bond acceptors (Lipinski definition) is 6. The minimum atomic E-state index is -0.150. The molecule has 2 aromatic heterocycles. The van der Waals surface area contributed by atoms with Crippen molar-refractivity contribution in [2.75, 3.05) is 5.32 Å². The maximum absolute atomic E-state index is 12.1. The zero-order chi connectivity index (χ0) is 18.5. The van der Waals surface area contributed by atoms with Gasteiger partial charge in [0, 0.05) is 39.4 Å². The Balaban J connectivity index is 1.48. The van der Waals surface area contributed by atoms with E-state index in [-0.39, 0.29) is 24.5 Å². The maximum Gasteiger partial charge on any atom is 0.224 e. The first-order chi connectivity index (χ1) is 12.5. The fourth-order valence-electron chi connectivity index (χ4n) is 2.24. The van der Waals surface area contributed by atoms with Crippen molar-refractivity contribution in [3.8, 4) is 0 Å². The molecule has 7 heteroatoms. The maximum atomic E-state index is 12.1. The fraction of sp³-hybridized carbons (Fsp3) is 0.211. The molecule has 0 fully saturated rings. The van der Waals surface area contributed by atoms with Crippen molar-refractivity contribution in [3.05, 3.63) is 57.2 Å². The summed E-state index contributed by atoms with van der Waals surface area (Å²) in [7, 11) is 0. The van der Waals surface area contributed by atoms with Gasteiger partial charge in [0.2, 0.25) is 5.91 Å². The summed E-state index contributed by atoms with van der Waals surface area (Å²) in [5.74, 6) is -0.133. The molecular formula is C19H18N2O2S3. The first kappa shape index (κ1) is 18.8. The number of nitrogens with one attached hydrogen (secondary N) is 1. The summed E-state index contributed by atoms with van der Waals surface area (Å²) in [5, 5.41) is 4.86. The predicted molar refractivity (Wildman–Crippen MR) is 109 cm³/mol. The lowest BCUT2D eigenvalue weighted by Crippen LogP contribution is -2.13. The summed E-state index contributed by atoms with van der Waals surface area (Å²) < 4.78 is 1.00. The van der Waals surface area contributed by atoms with Crippen LogP contribution in [-0.2, 0) is 4.79 Å². The number of rotatable bonds is 7. The molecule has 3 aromatic rings. The van der Waals surface area contributed by atoms with Crippen LogP contribution in [0, 0.1) is 13.8 Å². The van der Waals surface area contributed by atoms with Gasteiger partial charge in [0.25, 0.3) is 0 Å². The van der Waals surface area contributed by atoms with Crippen LogP contribution in [0.5, 0.6) is 0 Å². The minimum absolute atomic E-state index is 0.0174. The molecule has 0 aliphatic carbocycles. The first-order valence-corrected chi connectivity index (χ1v) is 10.6. The van der Waals surface area contributed by atoms with E-state index in [0.717, 1.165) is 25.5 Å². The number of ketones is 1. The Morgan fingerprint density at radius 3 is 2.46 bits per heavy atom. The molecule has 26 heavy (non-hydrogen) atoms. The molecule has 0 aliphatic rings. The topological polar surface area (TPSA) is 59.1 Å². The number of Topliss-reactive ketones (excluding diaryl/α,β-unsaturated/α-hetero) is 1. The second-order valence-corrected chi connectivity index (χ2v) is 9.23. The van der Waals surface area contributed by atoms with Crippen LogP contribution in [0.1, 0.15) is 33.1 Å². The summed E-state index contributed by atoms with van der Waals surface area (Å²) in [4.78, 5) is 31.4. The van der Waals surface area contributed by atoms with Crippen LogP contribution >= 0.6 is 34.4 Å².